The fraction of sp³-hybridized carbons (Fsp3) is 0.333. The van der Waals surface area contributed by atoms with Crippen molar-refractivity contribution in [3.63, 3.8) is 0 Å². The molecule has 1 aromatic carbocycles. The van der Waals surface area contributed by atoms with Crippen molar-refractivity contribution in [1.29, 1.82) is 5.26 Å². The summed E-state index contributed by atoms with van der Waals surface area (Å²) >= 11 is 0. The van der Waals surface area contributed by atoms with Crippen LogP contribution >= 0.6 is 0 Å². The number of aryl methyl sites for hydroxylation is 4. The van der Waals surface area contributed by atoms with Gasteiger partial charge in [-0.2, -0.15) is 5.26 Å². The molecule has 1 aliphatic carbocycles. The van der Waals surface area contributed by atoms with Crippen LogP contribution < -0.4 is 0 Å². The average molecular weight is 371 g/mol. The minimum absolute atomic E-state index is 0.595. The molecule has 0 radical (unpaired) electrons. The minimum atomic E-state index is -1.12. The fourth-order valence-electron chi connectivity index (χ4n) is 4.86. The van der Waals surface area contributed by atoms with E-state index in [0.717, 1.165) is 50.1 Å². The van der Waals surface area contributed by atoms with Crippen LogP contribution in [0.3, 0.4) is 0 Å². The van der Waals surface area contributed by atoms with Gasteiger partial charge in [0.25, 0.3) is 0 Å². The Labute approximate surface area is 165 Å². The molecule has 28 heavy (non-hydrogen) atoms. The van der Waals surface area contributed by atoms with Gasteiger partial charge in [-0.05, 0) is 68.5 Å². The normalized spacial score (nSPS) is 15.3. The predicted molar refractivity (Wildman–Crippen MR) is 112 cm³/mol. The van der Waals surface area contributed by atoms with Gasteiger partial charge in [-0.3, -0.25) is 4.98 Å². The first-order chi connectivity index (χ1) is 13.2. The summed E-state index contributed by atoms with van der Waals surface area (Å²) in [7, 11) is 2.04. The first kappa shape index (κ1) is 18.5. The van der Waals surface area contributed by atoms with Crippen LogP contribution in [0.25, 0.3) is 17.0 Å². The van der Waals surface area contributed by atoms with Crippen molar-refractivity contribution in [2.75, 3.05) is 0 Å². The highest BCUT2D eigenvalue weighted by molar-refractivity contribution is 5.89. The van der Waals surface area contributed by atoms with Gasteiger partial charge < -0.3 is 9.67 Å². The highest BCUT2D eigenvalue weighted by Crippen LogP contribution is 2.43. The second-order valence-corrected chi connectivity index (χ2v) is 8.16. The zero-order valence-electron chi connectivity index (χ0n) is 17.3. The maximum Gasteiger partial charge on any atom is 0.109 e. The van der Waals surface area contributed by atoms with Gasteiger partial charge >= 0.3 is 0 Å². The van der Waals surface area contributed by atoms with Crippen molar-refractivity contribution in [2.24, 2.45) is 7.05 Å². The second-order valence-electron chi connectivity index (χ2n) is 8.16. The largest absolute Gasteiger partial charge is 0.381 e. The smallest absolute Gasteiger partial charge is 0.109 e. The van der Waals surface area contributed by atoms with E-state index < -0.39 is 5.60 Å². The predicted octanol–water partition coefficient (Wildman–Crippen LogP) is 4.53. The third-order valence-electron chi connectivity index (χ3n) is 6.20. The molecule has 4 heteroatoms. The van der Waals surface area contributed by atoms with Crippen LogP contribution in [-0.2, 0) is 19.1 Å². The molecule has 0 bridgehead atoms. The third-order valence-corrected chi connectivity index (χ3v) is 6.20. The van der Waals surface area contributed by atoms with Crippen LogP contribution in [0.4, 0.5) is 0 Å². The summed E-state index contributed by atoms with van der Waals surface area (Å²) in [6.45, 7) is 9.89. The average Bonchev–Trinajstić information content (AvgIpc) is 3.20. The highest BCUT2D eigenvalue weighted by Gasteiger charge is 2.36. The Bertz CT molecular complexity index is 1220. The topological polar surface area (TPSA) is 61.8 Å². The minimum Gasteiger partial charge on any atom is -0.381 e. The van der Waals surface area contributed by atoms with Gasteiger partial charge in [-0.15, -0.1) is 0 Å². The molecule has 0 saturated carbocycles. The Morgan fingerprint density at radius 3 is 2.61 bits per heavy atom. The number of pyridine rings is 1. The van der Waals surface area contributed by atoms with Gasteiger partial charge in [0.1, 0.15) is 11.7 Å². The van der Waals surface area contributed by atoms with E-state index in [9.17, 15) is 10.4 Å². The molecule has 1 unspecified atom stereocenters. The summed E-state index contributed by atoms with van der Waals surface area (Å²) in [4.78, 5) is 4.66. The molecule has 0 amide bonds. The maximum atomic E-state index is 11.8. The monoisotopic (exact) mass is 371 g/mol. The Kier molecular flexibility index (Phi) is 3.99. The van der Waals surface area contributed by atoms with Gasteiger partial charge in [-0.25, -0.2) is 0 Å². The van der Waals surface area contributed by atoms with Crippen LogP contribution in [0, 0.1) is 39.0 Å². The van der Waals surface area contributed by atoms with E-state index in [1.807, 2.05) is 40.1 Å². The summed E-state index contributed by atoms with van der Waals surface area (Å²) in [5, 5.41) is 22.3. The van der Waals surface area contributed by atoms with E-state index in [1.54, 1.807) is 0 Å². The molecule has 3 aromatic rings. The lowest BCUT2D eigenvalue weighted by Crippen LogP contribution is -2.26. The number of hydrogen-bond acceptors (Lipinski definition) is 3. The SMILES string of the molecule is Cc1cc(C)c2c(ccn2C)c1C(C)(O)C1=Cc2c(nc(C)c(C#N)c2C)C1. The van der Waals surface area contributed by atoms with Crippen molar-refractivity contribution in [2.45, 2.75) is 46.6 Å². The number of rotatable bonds is 2. The van der Waals surface area contributed by atoms with Crippen molar-refractivity contribution in [3.8, 4) is 6.07 Å². The summed E-state index contributed by atoms with van der Waals surface area (Å²) < 4.78 is 2.11. The number of nitriles is 1. The molecule has 4 nitrogen and oxygen atoms in total. The van der Waals surface area contributed by atoms with Gasteiger partial charge in [0.2, 0.25) is 0 Å². The van der Waals surface area contributed by atoms with E-state index in [4.69, 9.17) is 0 Å². The Hall–Kier alpha value is -2.90. The lowest BCUT2D eigenvalue weighted by molar-refractivity contribution is 0.0975. The van der Waals surface area contributed by atoms with Gasteiger partial charge in [0.05, 0.1) is 22.5 Å². The summed E-state index contributed by atoms with van der Waals surface area (Å²) in [6, 6.07) is 6.50. The molecule has 1 atom stereocenters. The zero-order valence-corrected chi connectivity index (χ0v) is 17.3. The van der Waals surface area contributed by atoms with Crippen LogP contribution in [-0.4, -0.2) is 14.7 Å². The first-order valence-electron chi connectivity index (χ1n) is 9.56. The lowest BCUT2D eigenvalue weighted by Gasteiger charge is -2.29. The summed E-state index contributed by atoms with van der Waals surface area (Å²) in [6.07, 6.45) is 4.67. The molecular formula is C24H25N3O. The van der Waals surface area contributed by atoms with Gasteiger partial charge in [0, 0.05) is 30.6 Å². The van der Waals surface area contributed by atoms with E-state index in [-0.39, 0.29) is 0 Å². The van der Waals surface area contributed by atoms with Crippen LogP contribution in [0.2, 0.25) is 0 Å². The Morgan fingerprint density at radius 2 is 1.93 bits per heavy atom. The molecule has 4 rings (SSSR count). The highest BCUT2D eigenvalue weighted by atomic mass is 16.3. The van der Waals surface area contributed by atoms with Crippen molar-refractivity contribution < 1.29 is 5.11 Å². The number of fused-ring (bicyclic) bond motifs is 2. The number of aliphatic hydroxyl groups is 1. The third kappa shape index (κ3) is 2.43. The molecule has 1 aliphatic rings. The van der Waals surface area contributed by atoms with Gasteiger partial charge in [-0.1, -0.05) is 12.1 Å². The molecule has 2 heterocycles. The fourth-order valence-corrected chi connectivity index (χ4v) is 4.86. The molecule has 0 spiro atoms. The molecule has 2 aromatic heterocycles. The summed E-state index contributed by atoms with van der Waals surface area (Å²) in [5.74, 6) is 0. The summed E-state index contributed by atoms with van der Waals surface area (Å²) in [5.41, 5.74) is 8.43. The molecule has 142 valence electrons. The van der Waals surface area contributed by atoms with E-state index in [2.05, 4.69) is 41.6 Å². The lowest BCUT2D eigenvalue weighted by atomic mass is 9.82. The van der Waals surface area contributed by atoms with Crippen LogP contribution in [0.15, 0.2) is 23.9 Å². The van der Waals surface area contributed by atoms with Gasteiger partial charge in [0.15, 0.2) is 0 Å². The molecule has 1 N–H and O–H groups in total. The molecule has 0 aliphatic heterocycles. The van der Waals surface area contributed by atoms with Crippen molar-refractivity contribution in [1.82, 2.24) is 9.55 Å². The maximum absolute atomic E-state index is 11.8. The van der Waals surface area contributed by atoms with E-state index in [1.165, 1.54) is 5.56 Å². The number of hydrogen-bond donors (Lipinski definition) is 1. The van der Waals surface area contributed by atoms with E-state index in [0.29, 0.717) is 12.0 Å². The first-order valence-corrected chi connectivity index (χ1v) is 9.56. The van der Waals surface area contributed by atoms with Crippen LogP contribution in [0.1, 0.15) is 51.7 Å². The quantitative estimate of drug-likeness (QED) is 0.720. The Balaban J connectivity index is 1.91. The number of nitrogens with zero attached hydrogens (tertiary/aromatic N) is 3. The zero-order chi connectivity index (χ0) is 20.4. The van der Waals surface area contributed by atoms with Crippen LogP contribution in [0.5, 0.6) is 0 Å². The standard InChI is InChI=1S/C24H25N3O/c1-13-9-14(2)23-18(7-8-27(23)6)22(13)24(5,28)17-10-19-15(3)20(12-25)16(4)26-21(19)11-17/h7-10,28H,11H2,1-6H3. The molecular weight excluding hydrogens is 346 g/mol. The van der Waals surface area contributed by atoms with E-state index >= 15 is 0 Å². The Morgan fingerprint density at radius 1 is 1.21 bits per heavy atom. The second kappa shape index (κ2) is 6.05. The molecule has 0 fully saturated rings. The number of benzene rings is 1. The van der Waals surface area contributed by atoms with Crippen molar-refractivity contribution in [3.05, 3.63) is 68.7 Å². The molecule has 0 saturated heterocycles. The number of aromatic nitrogens is 2. The van der Waals surface area contributed by atoms with Crippen molar-refractivity contribution >= 4 is 17.0 Å².